The van der Waals surface area contributed by atoms with Gasteiger partial charge in [0.1, 0.15) is 0 Å². The molecule has 1 N–H and O–H groups in total. The summed E-state index contributed by atoms with van der Waals surface area (Å²) in [5.41, 5.74) is 0.530. The van der Waals surface area contributed by atoms with Crippen LogP contribution in [0.15, 0.2) is 41.3 Å². The predicted molar refractivity (Wildman–Crippen MR) is 117 cm³/mol. The SMILES string of the molecule is COc1cc(/C=C2/SC(=O)N(CC(=O)c3ccc([N+](=O)[O-])cc3)C2=O)cc(I)c1O. The highest BCUT2D eigenvalue weighted by Crippen LogP contribution is 2.36. The van der Waals surface area contributed by atoms with E-state index in [0.29, 0.717) is 20.9 Å². The van der Waals surface area contributed by atoms with Crippen molar-refractivity contribution in [3.05, 3.63) is 66.1 Å². The van der Waals surface area contributed by atoms with Gasteiger partial charge in [0.15, 0.2) is 17.3 Å². The zero-order valence-corrected chi connectivity index (χ0v) is 18.3. The lowest BCUT2D eigenvalue weighted by Crippen LogP contribution is -2.33. The minimum Gasteiger partial charge on any atom is -0.504 e. The molecule has 1 aliphatic heterocycles. The number of thioether (sulfide) groups is 1. The smallest absolute Gasteiger partial charge is 0.293 e. The molecule has 1 fully saturated rings. The monoisotopic (exact) mass is 540 g/mol. The van der Waals surface area contributed by atoms with Gasteiger partial charge in [0, 0.05) is 17.7 Å². The van der Waals surface area contributed by atoms with Crippen LogP contribution in [0.3, 0.4) is 0 Å². The van der Waals surface area contributed by atoms with Crippen LogP contribution in [0.5, 0.6) is 11.5 Å². The number of halogens is 1. The Labute approximate surface area is 188 Å². The van der Waals surface area contributed by atoms with Gasteiger partial charge < -0.3 is 9.84 Å². The number of amides is 2. The van der Waals surface area contributed by atoms with Crippen molar-refractivity contribution in [1.82, 2.24) is 4.90 Å². The number of phenols is 1. The van der Waals surface area contributed by atoms with E-state index in [0.717, 1.165) is 4.90 Å². The van der Waals surface area contributed by atoms with Crippen molar-refractivity contribution in [2.45, 2.75) is 0 Å². The van der Waals surface area contributed by atoms with Crippen molar-refractivity contribution in [2.24, 2.45) is 0 Å². The normalized spacial score (nSPS) is 15.0. The molecule has 2 aromatic rings. The second-order valence-electron chi connectivity index (χ2n) is 6.05. The lowest BCUT2D eigenvalue weighted by molar-refractivity contribution is -0.384. The fourth-order valence-electron chi connectivity index (χ4n) is 2.62. The number of hydrogen-bond donors (Lipinski definition) is 1. The number of methoxy groups -OCH3 is 1. The summed E-state index contributed by atoms with van der Waals surface area (Å²) in [5, 5.41) is 20.0. The van der Waals surface area contributed by atoms with E-state index < -0.39 is 28.4 Å². The third kappa shape index (κ3) is 4.46. The van der Waals surface area contributed by atoms with Crippen molar-refractivity contribution >= 4 is 63.0 Å². The van der Waals surface area contributed by atoms with Crippen LogP contribution in [0.1, 0.15) is 15.9 Å². The molecule has 0 aromatic heterocycles. The van der Waals surface area contributed by atoms with E-state index in [1.54, 1.807) is 6.07 Å². The van der Waals surface area contributed by atoms with Crippen molar-refractivity contribution in [2.75, 3.05) is 13.7 Å². The zero-order valence-electron chi connectivity index (χ0n) is 15.3. The van der Waals surface area contributed by atoms with Crippen molar-refractivity contribution in [3.63, 3.8) is 0 Å². The number of nitro groups is 1. The first-order chi connectivity index (χ1) is 14.2. The van der Waals surface area contributed by atoms with Gasteiger partial charge in [-0.15, -0.1) is 0 Å². The Hall–Kier alpha value is -2.93. The predicted octanol–water partition coefficient (Wildman–Crippen LogP) is 3.83. The van der Waals surface area contributed by atoms with Gasteiger partial charge >= 0.3 is 0 Å². The van der Waals surface area contributed by atoms with Crippen LogP contribution in [0.4, 0.5) is 10.5 Å². The first-order valence-electron chi connectivity index (χ1n) is 8.30. The van der Waals surface area contributed by atoms with E-state index >= 15 is 0 Å². The van der Waals surface area contributed by atoms with E-state index in [9.17, 15) is 29.6 Å². The topological polar surface area (TPSA) is 127 Å². The summed E-state index contributed by atoms with van der Waals surface area (Å²) in [6, 6.07) is 8.06. The van der Waals surface area contributed by atoms with E-state index in [2.05, 4.69) is 0 Å². The third-order valence-electron chi connectivity index (χ3n) is 4.14. The molecular formula is C19H13IN2O7S. The second-order valence-corrected chi connectivity index (χ2v) is 8.20. The van der Waals surface area contributed by atoms with E-state index in [-0.39, 0.29) is 27.7 Å². The molecule has 1 aliphatic rings. The molecule has 2 aromatic carbocycles. The van der Waals surface area contributed by atoms with Crippen molar-refractivity contribution < 1.29 is 29.2 Å². The van der Waals surface area contributed by atoms with Crippen LogP contribution in [0.25, 0.3) is 6.08 Å². The number of non-ortho nitro benzene ring substituents is 1. The molecule has 0 unspecified atom stereocenters. The number of imide groups is 1. The highest BCUT2D eigenvalue weighted by Gasteiger charge is 2.36. The van der Waals surface area contributed by atoms with Gasteiger partial charge in [0.25, 0.3) is 16.8 Å². The molecule has 1 saturated heterocycles. The number of phenolic OH excluding ortho intramolecular Hbond substituents is 1. The van der Waals surface area contributed by atoms with Crippen LogP contribution >= 0.6 is 34.4 Å². The Morgan fingerprint density at radius 1 is 1.30 bits per heavy atom. The Kier molecular flexibility index (Phi) is 6.41. The minimum atomic E-state index is -0.623. The summed E-state index contributed by atoms with van der Waals surface area (Å²) < 4.78 is 5.59. The van der Waals surface area contributed by atoms with Crippen molar-refractivity contribution in [1.29, 1.82) is 0 Å². The number of Topliss-reactive ketones (excluding diaryl/α,β-unsaturated/α-hetero) is 1. The number of ketones is 1. The summed E-state index contributed by atoms with van der Waals surface area (Å²) in [5.74, 6) is -0.950. The summed E-state index contributed by atoms with van der Waals surface area (Å²) in [6.45, 7) is -0.476. The van der Waals surface area contributed by atoms with E-state index in [1.165, 1.54) is 43.5 Å². The fourth-order valence-corrected chi connectivity index (χ4v) is 4.09. The molecule has 1 heterocycles. The Morgan fingerprint density at radius 3 is 2.57 bits per heavy atom. The largest absolute Gasteiger partial charge is 0.504 e. The molecule has 154 valence electrons. The molecule has 2 amide bonds. The van der Waals surface area contributed by atoms with Crippen LogP contribution in [-0.2, 0) is 4.79 Å². The Balaban J connectivity index is 1.79. The number of ether oxygens (including phenoxy) is 1. The van der Waals surface area contributed by atoms with Crippen molar-refractivity contribution in [3.8, 4) is 11.5 Å². The van der Waals surface area contributed by atoms with Crippen LogP contribution in [0, 0.1) is 13.7 Å². The fraction of sp³-hybridized carbons (Fsp3) is 0.105. The van der Waals surface area contributed by atoms with Gasteiger partial charge in [-0.05, 0) is 70.3 Å². The molecule has 30 heavy (non-hydrogen) atoms. The molecule has 11 heteroatoms. The number of aromatic hydroxyl groups is 1. The Morgan fingerprint density at radius 2 is 1.97 bits per heavy atom. The average molecular weight is 540 g/mol. The molecule has 0 saturated carbocycles. The van der Waals surface area contributed by atoms with Crippen LogP contribution in [-0.4, -0.2) is 45.5 Å². The molecule has 3 rings (SSSR count). The number of nitro benzene ring substituents is 1. The van der Waals surface area contributed by atoms with Crippen LogP contribution in [0.2, 0.25) is 0 Å². The number of carbonyl (C=O) groups is 3. The lowest BCUT2D eigenvalue weighted by atomic mass is 10.1. The van der Waals surface area contributed by atoms with Gasteiger partial charge in [-0.1, -0.05) is 0 Å². The maximum atomic E-state index is 12.6. The number of nitrogens with zero attached hydrogens (tertiary/aromatic N) is 2. The highest BCUT2D eigenvalue weighted by molar-refractivity contribution is 14.1. The summed E-state index contributed by atoms with van der Waals surface area (Å²) in [7, 11) is 1.40. The molecule has 0 atom stereocenters. The summed E-state index contributed by atoms with van der Waals surface area (Å²) >= 11 is 2.61. The van der Waals surface area contributed by atoms with Gasteiger partial charge in [0.05, 0.1) is 27.1 Å². The molecule has 9 nitrogen and oxygen atoms in total. The molecule has 0 bridgehead atoms. The standard InChI is InChI=1S/C19H13IN2O7S/c1-29-15-7-10(6-13(20)17(15)24)8-16-18(25)21(19(26)30-16)9-14(23)11-2-4-12(5-3-11)22(27)28/h2-8,24H,9H2,1H3/b16-8+. The Bertz CT molecular complexity index is 1100. The summed E-state index contributed by atoms with van der Waals surface area (Å²) in [4.78, 5) is 48.4. The zero-order chi connectivity index (χ0) is 22.0. The molecule has 0 radical (unpaired) electrons. The molecule has 0 aliphatic carbocycles. The quantitative estimate of drug-likeness (QED) is 0.193. The minimum absolute atomic E-state index is 0.0305. The highest BCUT2D eigenvalue weighted by atomic mass is 127. The number of carbonyl (C=O) groups excluding carboxylic acids is 3. The maximum Gasteiger partial charge on any atom is 0.293 e. The first-order valence-corrected chi connectivity index (χ1v) is 10.2. The number of rotatable bonds is 6. The first kappa shape index (κ1) is 21.8. The van der Waals surface area contributed by atoms with Gasteiger partial charge in [0.2, 0.25) is 0 Å². The number of benzene rings is 2. The lowest BCUT2D eigenvalue weighted by Gasteiger charge is -2.11. The number of hydrogen-bond acceptors (Lipinski definition) is 8. The van der Waals surface area contributed by atoms with E-state index in [4.69, 9.17) is 4.74 Å². The van der Waals surface area contributed by atoms with Gasteiger partial charge in [-0.25, -0.2) is 0 Å². The molecular weight excluding hydrogens is 527 g/mol. The average Bonchev–Trinajstić information content (AvgIpc) is 2.97. The van der Waals surface area contributed by atoms with E-state index in [1.807, 2.05) is 22.6 Å². The maximum absolute atomic E-state index is 12.6. The molecule has 0 spiro atoms. The van der Waals surface area contributed by atoms with Gasteiger partial charge in [-0.2, -0.15) is 0 Å². The van der Waals surface area contributed by atoms with Crippen LogP contribution < -0.4 is 4.74 Å². The van der Waals surface area contributed by atoms with Gasteiger partial charge in [-0.3, -0.25) is 29.4 Å². The third-order valence-corrected chi connectivity index (χ3v) is 5.87. The summed E-state index contributed by atoms with van der Waals surface area (Å²) in [6.07, 6.45) is 1.48. The second kappa shape index (κ2) is 8.83.